The molecule has 1 unspecified atom stereocenters. The molecule has 1 atom stereocenters. The second-order valence-corrected chi connectivity index (χ2v) is 5.61. The number of carbonyl (C=O) groups is 1. The number of amides is 1. The summed E-state index contributed by atoms with van der Waals surface area (Å²) in [6.07, 6.45) is 4.86. The van der Waals surface area contributed by atoms with Crippen LogP contribution in [0.2, 0.25) is 0 Å². The molecule has 4 heteroatoms. The van der Waals surface area contributed by atoms with Gasteiger partial charge in [0.25, 0.3) is 5.91 Å². The van der Waals surface area contributed by atoms with E-state index >= 15 is 0 Å². The Labute approximate surface area is 111 Å². The number of rotatable bonds is 5. The summed E-state index contributed by atoms with van der Waals surface area (Å²) in [5, 5.41) is 4.53. The third kappa shape index (κ3) is 2.88. The quantitative estimate of drug-likeness (QED) is 0.870. The van der Waals surface area contributed by atoms with Crippen LogP contribution in [0.3, 0.4) is 0 Å². The van der Waals surface area contributed by atoms with Gasteiger partial charge in [-0.15, -0.1) is 0 Å². The summed E-state index contributed by atoms with van der Waals surface area (Å²) in [7, 11) is 0. The molecule has 0 saturated carbocycles. The van der Waals surface area contributed by atoms with Crippen LogP contribution in [-0.4, -0.2) is 28.9 Å². The fraction of sp³-hybridized carbons (Fsp3) is 0.357. The van der Waals surface area contributed by atoms with Crippen LogP contribution in [0.5, 0.6) is 0 Å². The zero-order chi connectivity index (χ0) is 13.0. The van der Waals surface area contributed by atoms with Gasteiger partial charge in [-0.3, -0.25) is 4.79 Å². The Hall–Kier alpha value is -1.42. The number of nitrogens with one attached hydrogen (secondary N) is 2. The Morgan fingerprint density at radius 3 is 3.00 bits per heavy atom. The summed E-state index contributed by atoms with van der Waals surface area (Å²) >= 11 is 1.82. The molecule has 3 nitrogen and oxygen atoms in total. The number of benzene rings is 1. The standard InChI is InChI=1S/C14H18N2OS/c1-10(18-2)7-8-15-14(17)12-9-16-13-6-4-3-5-11(12)13/h3-6,9-10,16H,7-8H2,1-2H3,(H,15,17). The van der Waals surface area contributed by atoms with Crippen molar-refractivity contribution in [3.05, 3.63) is 36.0 Å². The Balaban J connectivity index is 2.01. The number of thioether (sulfide) groups is 1. The number of aromatic amines is 1. The monoisotopic (exact) mass is 262 g/mol. The summed E-state index contributed by atoms with van der Waals surface area (Å²) in [6, 6.07) is 7.84. The number of aromatic nitrogens is 1. The van der Waals surface area contributed by atoms with Crippen LogP contribution in [-0.2, 0) is 0 Å². The highest BCUT2D eigenvalue weighted by Crippen LogP contribution is 2.17. The molecule has 0 fully saturated rings. The minimum atomic E-state index is 0.000697. The molecular weight excluding hydrogens is 244 g/mol. The van der Waals surface area contributed by atoms with Crippen molar-refractivity contribution in [3.8, 4) is 0 Å². The van der Waals surface area contributed by atoms with E-state index in [4.69, 9.17) is 0 Å². The highest BCUT2D eigenvalue weighted by atomic mass is 32.2. The van der Waals surface area contributed by atoms with Crippen LogP contribution in [0.4, 0.5) is 0 Å². The van der Waals surface area contributed by atoms with Gasteiger partial charge in [-0.25, -0.2) is 0 Å². The van der Waals surface area contributed by atoms with E-state index in [1.807, 2.05) is 36.0 Å². The van der Waals surface area contributed by atoms with Crippen molar-refractivity contribution in [2.45, 2.75) is 18.6 Å². The normalized spacial score (nSPS) is 12.6. The molecule has 18 heavy (non-hydrogen) atoms. The van der Waals surface area contributed by atoms with Gasteiger partial charge in [0.05, 0.1) is 5.56 Å². The lowest BCUT2D eigenvalue weighted by molar-refractivity contribution is 0.0955. The van der Waals surface area contributed by atoms with Gasteiger partial charge < -0.3 is 10.3 Å². The summed E-state index contributed by atoms with van der Waals surface area (Å²) in [4.78, 5) is 15.2. The summed E-state index contributed by atoms with van der Waals surface area (Å²) in [6.45, 7) is 2.89. The van der Waals surface area contributed by atoms with Crippen molar-refractivity contribution in [1.82, 2.24) is 10.3 Å². The lowest BCUT2D eigenvalue weighted by atomic mass is 10.1. The SMILES string of the molecule is CSC(C)CCNC(=O)c1c[nH]c2ccccc12. The van der Waals surface area contributed by atoms with Crippen LogP contribution in [0.15, 0.2) is 30.5 Å². The maximum atomic E-state index is 12.1. The zero-order valence-corrected chi connectivity index (χ0v) is 11.5. The largest absolute Gasteiger partial charge is 0.360 e. The second kappa shape index (κ2) is 5.96. The second-order valence-electron chi connectivity index (χ2n) is 4.34. The molecule has 0 aliphatic rings. The van der Waals surface area contributed by atoms with Gasteiger partial charge in [-0.1, -0.05) is 25.1 Å². The van der Waals surface area contributed by atoms with E-state index in [1.165, 1.54) is 0 Å². The summed E-state index contributed by atoms with van der Waals surface area (Å²) in [5.41, 5.74) is 1.72. The van der Waals surface area contributed by atoms with E-state index in [1.54, 1.807) is 6.20 Å². The fourth-order valence-corrected chi connectivity index (χ4v) is 2.21. The maximum Gasteiger partial charge on any atom is 0.253 e. The molecule has 0 saturated heterocycles. The Morgan fingerprint density at radius 2 is 2.22 bits per heavy atom. The van der Waals surface area contributed by atoms with Crippen LogP contribution < -0.4 is 5.32 Å². The summed E-state index contributed by atoms with van der Waals surface area (Å²) in [5.74, 6) is 0.000697. The van der Waals surface area contributed by atoms with Gasteiger partial charge >= 0.3 is 0 Å². The van der Waals surface area contributed by atoms with E-state index in [2.05, 4.69) is 23.5 Å². The molecule has 1 heterocycles. The van der Waals surface area contributed by atoms with Gasteiger partial charge in [-0.2, -0.15) is 11.8 Å². The number of H-pyrrole nitrogens is 1. The lowest BCUT2D eigenvalue weighted by Gasteiger charge is -2.08. The first-order valence-corrected chi connectivity index (χ1v) is 7.38. The molecule has 0 aliphatic carbocycles. The molecule has 1 amide bonds. The van der Waals surface area contributed by atoms with Gasteiger partial charge in [0, 0.05) is 28.9 Å². The predicted octanol–water partition coefficient (Wildman–Crippen LogP) is 3.04. The van der Waals surface area contributed by atoms with Crippen LogP contribution in [0, 0.1) is 0 Å². The van der Waals surface area contributed by atoms with Gasteiger partial charge in [0.1, 0.15) is 0 Å². The number of hydrogen-bond acceptors (Lipinski definition) is 2. The van der Waals surface area contributed by atoms with E-state index in [0.29, 0.717) is 5.25 Å². The highest BCUT2D eigenvalue weighted by molar-refractivity contribution is 7.99. The van der Waals surface area contributed by atoms with Crippen LogP contribution in [0.25, 0.3) is 10.9 Å². The van der Waals surface area contributed by atoms with E-state index in [0.717, 1.165) is 29.4 Å². The molecule has 1 aromatic heterocycles. The van der Waals surface area contributed by atoms with Crippen LogP contribution >= 0.6 is 11.8 Å². The van der Waals surface area contributed by atoms with Crippen molar-refractivity contribution in [2.24, 2.45) is 0 Å². The maximum absolute atomic E-state index is 12.1. The number of carbonyl (C=O) groups excluding carboxylic acids is 1. The molecule has 1 aromatic carbocycles. The van der Waals surface area contributed by atoms with Gasteiger partial charge in [-0.05, 0) is 18.7 Å². The Bertz CT molecular complexity index is 535. The number of hydrogen-bond donors (Lipinski definition) is 2. The molecule has 0 bridgehead atoms. The van der Waals surface area contributed by atoms with Crippen molar-refractivity contribution in [2.75, 3.05) is 12.8 Å². The molecule has 0 aliphatic heterocycles. The number of fused-ring (bicyclic) bond motifs is 1. The van der Waals surface area contributed by atoms with Crippen molar-refractivity contribution >= 4 is 28.6 Å². The van der Waals surface area contributed by atoms with Crippen molar-refractivity contribution in [1.29, 1.82) is 0 Å². The minimum absolute atomic E-state index is 0.000697. The average Bonchev–Trinajstić information content (AvgIpc) is 2.82. The summed E-state index contributed by atoms with van der Waals surface area (Å²) < 4.78 is 0. The van der Waals surface area contributed by atoms with E-state index in [9.17, 15) is 4.79 Å². The van der Waals surface area contributed by atoms with E-state index in [-0.39, 0.29) is 5.91 Å². The van der Waals surface area contributed by atoms with E-state index < -0.39 is 0 Å². The number of para-hydroxylation sites is 1. The lowest BCUT2D eigenvalue weighted by Crippen LogP contribution is -2.25. The molecule has 2 rings (SSSR count). The molecule has 96 valence electrons. The molecule has 2 N–H and O–H groups in total. The smallest absolute Gasteiger partial charge is 0.253 e. The predicted molar refractivity (Wildman–Crippen MR) is 78.2 cm³/mol. The van der Waals surface area contributed by atoms with Crippen molar-refractivity contribution in [3.63, 3.8) is 0 Å². The minimum Gasteiger partial charge on any atom is -0.360 e. The first kappa shape index (κ1) is 13.0. The first-order valence-electron chi connectivity index (χ1n) is 6.09. The molecule has 0 radical (unpaired) electrons. The first-order chi connectivity index (χ1) is 8.72. The topological polar surface area (TPSA) is 44.9 Å². The average molecular weight is 262 g/mol. The molecule has 2 aromatic rings. The van der Waals surface area contributed by atoms with Crippen LogP contribution in [0.1, 0.15) is 23.7 Å². The fourth-order valence-electron chi connectivity index (χ4n) is 1.86. The van der Waals surface area contributed by atoms with Gasteiger partial charge in [0.2, 0.25) is 0 Å². The Kier molecular flexibility index (Phi) is 4.31. The zero-order valence-electron chi connectivity index (χ0n) is 10.7. The van der Waals surface area contributed by atoms with Gasteiger partial charge in [0.15, 0.2) is 0 Å². The molecule has 0 spiro atoms. The Morgan fingerprint density at radius 1 is 1.44 bits per heavy atom. The third-order valence-electron chi connectivity index (χ3n) is 3.07. The highest BCUT2D eigenvalue weighted by Gasteiger charge is 2.11. The van der Waals surface area contributed by atoms with Crippen molar-refractivity contribution < 1.29 is 4.79 Å². The third-order valence-corrected chi connectivity index (χ3v) is 4.11. The molecular formula is C14H18N2OS.